The summed E-state index contributed by atoms with van der Waals surface area (Å²) in [6.07, 6.45) is -4.18. The second-order valence-corrected chi connectivity index (χ2v) is 10.6. The molecule has 14 heteroatoms. The average molecular weight is 562 g/mol. The maximum absolute atomic E-state index is 14.1. The number of aliphatic hydroxyl groups excluding tert-OH is 1. The third kappa shape index (κ3) is 5.90. The molecular weight excluding hydrogens is 533 g/mol. The standard InChI is InChI=1S/C24H28F5N5O3S/c1-11-5-4-8-34(11)23(37)18-19(38-22(33-18)21(36)32-15-6-3-7-16(15)35)14-10-30-17(9-13(14)20(25)26)31-12(2)24(27,28)29/h9-12,15-16,20,35H,3-8H2,1-2H3,(H,30,31)(H,32,36)/t11?,12?,15-,16-/m1/s1. The van der Waals surface area contributed by atoms with Crippen LogP contribution in [-0.4, -0.2) is 68.7 Å². The summed E-state index contributed by atoms with van der Waals surface area (Å²) in [6.45, 7) is 3.12. The normalized spacial score (nSPS) is 22.7. The highest BCUT2D eigenvalue weighted by Crippen LogP contribution is 2.39. The van der Waals surface area contributed by atoms with Crippen LogP contribution in [0.15, 0.2) is 12.3 Å². The number of hydrogen-bond donors (Lipinski definition) is 3. The Balaban J connectivity index is 1.74. The molecule has 4 rings (SSSR count). The minimum absolute atomic E-state index is 0.0237. The van der Waals surface area contributed by atoms with Gasteiger partial charge >= 0.3 is 6.18 Å². The SMILES string of the molecule is CC1CCCN1C(=O)c1nc(C(=O)N[C@@H]2CCC[C@H]2O)sc1-c1cnc(NC(C)C(F)(F)F)cc1C(F)F. The van der Waals surface area contributed by atoms with Crippen LogP contribution in [0.5, 0.6) is 0 Å². The molecule has 2 unspecified atom stereocenters. The number of amides is 2. The van der Waals surface area contributed by atoms with Gasteiger partial charge in [0.05, 0.1) is 17.0 Å². The fourth-order valence-corrected chi connectivity index (χ4v) is 5.67. The molecule has 4 atom stereocenters. The number of aromatic nitrogens is 2. The molecule has 0 radical (unpaired) electrons. The second-order valence-electron chi connectivity index (χ2n) is 9.63. The molecule has 2 fully saturated rings. The van der Waals surface area contributed by atoms with Crippen molar-refractivity contribution in [2.24, 2.45) is 0 Å². The van der Waals surface area contributed by atoms with Gasteiger partial charge in [-0.05, 0) is 52.0 Å². The molecule has 2 aliphatic rings. The van der Waals surface area contributed by atoms with Gasteiger partial charge in [0.1, 0.15) is 17.6 Å². The van der Waals surface area contributed by atoms with Crippen LogP contribution in [0.4, 0.5) is 27.8 Å². The van der Waals surface area contributed by atoms with E-state index in [1.165, 1.54) is 0 Å². The molecule has 3 N–H and O–H groups in total. The van der Waals surface area contributed by atoms with Gasteiger partial charge in [0, 0.05) is 29.9 Å². The van der Waals surface area contributed by atoms with Crippen molar-refractivity contribution in [1.29, 1.82) is 0 Å². The molecule has 1 aliphatic carbocycles. The molecule has 8 nitrogen and oxygen atoms in total. The summed E-state index contributed by atoms with van der Waals surface area (Å²) in [5.74, 6) is -1.60. The van der Waals surface area contributed by atoms with Crippen LogP contribution < -0.4 is 10.6 Å². The van der Waals surface area contributed by atoms with Crippen molar-refractivity contribution >= 4 is 29.0 Å². The number of halogens is 5. The smallest absolute Gasteiger partial charge is 0.391 e. The van der Waals surface area contributed by atoms with Crippen LogP contribution in [0.2, 0.25) is 0 Å². The number of anilines is 1. The number of likely N-dealkylation sites (tertiary alicyclic amines) is 1. The van der Waals surface area contributed by atoms with E-state index in [-0.39, 0.29) is 27.2 Å². The predicted molar refractivity (Wildman–Crippen MR) is 130 cm³/mol. The molecule has 1 saturated carbocycles. The molecule has 0 aromatic carbocycles. The van der Waals surface area contributed by atoms with Gasteiger partial charge in [0.15, 0.2) is 5.01 Å². The Bertz CT molecular complexity index is 1190. The zero-order valence-electron chi connectivity index (χ0n) is 20.7. The van der Waals surface area contributed by atoms with Crippen molar-refractivity contribution in [3.8, 4) is 10.4 Å². The van der Waals surface area contributed by atoms with Crippen LogP contribution in [0, 0.1) is 0 Å². The lowest BCUT2D eigenvalue weighted by Crippen LogP contribution is -2.40. The third-order valence-corrected chi connectivity index (χ3v) is 7.99. The van der Waals surface area contributed by atoms with Crippen molar-refractivity contribution in [3.05, 3.63) is 28.5 Å². The third-order valence-electron chi connectivity index (χ3n) is 6.90. The first-order valence-corrected chi connectivity index (χ1v) is 13.1. The first-order valence-electron chi connectivity index (χ1n) is 12.3. The van der Waals surface area contributed by atoms with E-state index >= 15 is 0 Å². The van der Waals surface area contributed by atoms with Crippen molar-refractivity contribution in [3.63, 3.8) is 0 Å². The van der Waals surface area contributed by atoms with Gasteiger partial charge in [-0.2, -0.15) is 13.2 Å². The van der Waals surface area contributed by atoms with Gasteiger partial charge in [-0.1, -0.05) is 0 Å². The van der Waals surface area contributed by atoms with Crippen molar-refractivity contribution in [1.82, 2.24) is 20.2 Å². The van der Waals surface area contributed by atoms with E-state index in [0.29, 0.717) is 19.4 Å². The Hall–Kier alpha value is -2.87. The minimum Gasteiger partial charge on any atom is -0.391 e. The number of thiazole rings is 1. The summed E-state index contributed by atoms with van der Waals surface area (Å²) >= 11 is 0.723. The van der Waals surface area contributed by atoms with Crippen LogP contribution in [-0.2, 0) is 0 Å². The summed E-state index contributed by atoms with van der Waals surface area (Å²) in [5.41, 5.74) is -1.05. The monoisotopic (exact) mass is 561 g/mol. The zero-order valence-corrected chi connectivity index (χ0v) is 21.5. The number of pyridine rings is 1. The highest BCUT2D eigenvalue weighted by atomic mass is 32.1. The molecular formula is C24H28F5N5O3S. The Labute approximate surface area is 219 Å². The van der Waals surface area contributed by atoms with E-state index in [0.717, 1.165) is 49.8 Å². The largest absolute Gasteiger partial charge is 0.408 e. The minimum atomic E-state index is -4.62. The molecule has 0 bridgehead atoms. The van der Waals surface area contributed by atoms with E-state index in [4.69, 9.17) is 0 Å². The second kappa shape index (κ2) is 11.1. The lowest BCUT2D eigenvalue weighted by Gasteiger charge is -2.21. The van der Waals surface area contributed by atoms with Gasteiger partial charge in [-0.3, -0.25) is 9.59 Å². The predicted octanol–water partition coefficient (Wildman–Crippen LogP) is 4.77. The summed E-state index contributed by atoms with van der Waals surface area (Å²) < 4.78 is 67.2. The van der Waals surface area contributed by atoms with Crippen LogP contribution in [0.25, 0.3) is 10.4 Å². The van der Waals surface area contributed by atoms with Gasteiger partial charge in [0.2, 0.25) is 0 Å². The Morgan fingerprint density at radius 3 is 2.53 bits per heavy atom. The first-order chi connectivity index (χ1) is 17.9. The average Bonchev–Trinajstić information content (AvgIpc) is 3.58. The maximum Gasteiger partial charge on any atom is 0.408 e. The number of hydrogen-bond acceptors (Lipinski definition) is 7. The van der Waals surface area contributed by atoms with Crippen molar-refractivity contribution in [2.75, 3.05) is 11.9 Å². The molecule has 38 heavy (non-hydrogen) atoms. The Morgan fingerprint density at radius 2 is 1.95 bits per heavy atom. The van der Waals surface area contributed by atoms with Crippen LogP contribution in [0.1, 0.15) is 78.2 Å². The first kappa shape index (κ1) is 28.1. The quantitative estimate of drug-likeness (QED) is 0.421. The van der Waals surface area contributed by atoms with Gasteiger partial charge in [-0.15, -0.1) is 11.3 Å². The molecule has 2 amide bonds. The molecule has 1 aliphatic heterocycles. The van der Waals surface area contributed by atoms with Crippen LogP contribution >= 0.6 is 11.3 Å². The molecule has 3 heterocycles. The van der Waals surface area contributed by atoms with Crippen molar-refractivity contribution < 1.29 is 36.6 Å². The fraction of sp³-hybridized carbons (Fsp3) is 0.583. The molecule has 2 aromatic rings. The molecule has 208 valence electrons. The highest BCUT2D eigenvalue weighted by molar-refractivity contribution is 7.17. The number of aliphatic hydroxyl groups is 1. The number of nitrogens with one attached hydrogen (secondary N) is 2. The summed E-state index contributed by atoms with van der Waals surface area (Å²) in [4.78, 5) is 36.1. The Kier molecular flexibility index (Phi) is 8.21. The number of alkyl halides is 5. The molecule has 0 spiro atoms. The maximum atomic E-state index is 14.1. The topological polar surface area (TPSA) is 107 Å². The number of carbonyl (C=O) groups excluding carboxylic acids is 2. The summed E-state index contributed by atoms with van der Waals surface area (Å²) in [7, 11) is 0. The number of nitrogens with zero attached hydrogens (tertiary/aromatic N) is 3. The van der Waals surface area contributed by atoms with Gasteiger partial charge < -0.3 is 20.6 Å². The number of carbonyl (C=O) groups is 2. The Morgan fingerprint density at radius 1 is 1.21 bits per heavy atom. The number of rotatable bonds is 7. The molecule has 1 saturated heterocycles. The highest BCUT2D eigenvalue weighted by Gasteiger charge is 2.37. The lowest BCUT2D eigenvalue weighted by molar-refractivity contribution is -0.138. The fourth-order valence-electron chi connectivity index (χ4n) is 4.68. The molecule has 2 aromatic heterocycles. The van der Waals surface area contributed by atoms with Gasteiger partial charge in [0.25, 0.3) is 18.2 Å². The van der Waals surface area contributed by atoms with E-state index in [1.807, 2.05) is 6.92 Å². The van der Waals surface area contributed by atoms with Crippen molar-refractivity contribution in [2.45, 2.75) is 82.8 Å². The van der Waals surface area contributed by atoms with Crippen LogP contribution in [0.3, 0.4) is 0 Å². The van der Waals surface area contributed by atoms with E-state index in [1.54, 1.807) is 4.90 Å². The van der Waals surface area contributed by atoms with E-state index in [9.17, 15) is 36.6 Å². The van der Waals surface area contributed by atoms with E-state index in [2.05, 4.69) is 20.6 Å². The summed E-state index contributed by atoms with van der Waals surface area (Å²) in [6, 6.07) is -1.84. The summed E-state index contributed by atoms with van der Waals surface area (Å²) in [5, 5.41) is 14.7. The van der Waals surface area contributed by atoms with Gasteiger partial charge in [-0.25, -0.2) is 18.7 Å². The lowest BCUT2D eigenvalue weighted by atomic mass is 10.1. The zero-order chi connectivity index (χ0) is 27.8. The van der Waals surface area contributed by atoms with E-state index < -0.39 is 54.0 Å².